The summed E-state index contributed by atoms with van der Waals surface area (Å²) in [4.78, 5) is 12.0. The first-order valence-corrected chi connectivity index (χ1v) is 9.64. The van der Waals surface area contributed by atoms with E-state index in [9.17, 15) is 26.4 Å². The summed E-state index contributed by atoms with van der Waals surface area (Å²) in [7, 11) is -2.68. The number of amides is 1. The predicted octanol–water partition coefficient (Wildman–Crippen LogP) is 3.36. The zero-order valence-corrected chi connectivity index (χ0v) is 16.0. The number of anilines is 1. The van der Waals surface area contributed by atoms with Crippen LogP contribution in [0.3, 0.4) is 0 Å². The first kappa shape index (κ1) is 21.7. The number of carbonyl (C=O) groups is 1. The minimum atomic E-state index is -4.48. The molecule has 0 radical (unpaired) electrons. The van der Waals surface area contributed by atoms with Crippen molar-refractivity contribution in [2.24, 2.45) is 0 Å². The zero-order chi connectivity index (χ0) is 20.9. The highest BCUT2D eigenvalue weighted by molar-refractivity contribution is 7.89. The number of ether oxygens (including phenoxy) is 1. The fourth-order valence-corrected chi connectivity index (χ4v) is 3.41. The molecule has 6 nitrogen and oxygen atoms in total. The molecular formula is C18H19F3N2O4S. The van der Waals surface area contributed by atoms with E-state index in [-0.39, 0.29) is 10.6 Å². The summed E-state index contributed by atoms with van der Waals surface area (Å²) in [5, 5.41) is 2.37. The van der Waals surface area contributed by atoms with E-state index in [1.807, 2.05) is 0 Å². The van der Waals surface area contributed by atoms with Gasteiger partial charge in [0.15, 0.2) is 0 Å². The summed E-state index contributed by atoms with van der Waals surface area (Å²) < 4.78 is 68.8. The lowest BCUT2D eigenvalue weighted by atomic mass is 10.2. The van der Waals surface area contributed by atoms with E-state index in [2.05, 4.69) is 5.32 Å². The summed E-state index contributed by atoms with van der Waals surface area (Å²) in [5.74, 6) is -0.166. The normalized spacial score (nSPS) is 12.1. The molecule has 0 fully saturated rings. The second-order valence-electron chi connectivity index (χ2n) is 5.79. The van der Waals surface area contributed by atoms with E-state index in [4.69, 9.17) is 4.74 Å². The van der Waals surface area contributed by atoms with Gasteiger partial charge in [-0.15, -0.1) is 0 Å². The van der Waals surface area contributed by atoms with Crippen LogP contribution in [0, 0.1) is 0 Å². The first-order chi connectivity index (χ1) is 13.0. The number of halogens is 3. The SMILES string of the molecule is CCOc1ccc(S(=O)(=O)N(C)CC(=O)Nc2ccc(C(F)(F)F)cc2)cc1. The van der Waals surface area contributed by atoms with Crippen molar-refractivity contribution >= 4 is 21.6 Å². The largest absolute Gasteiger partial charge is 0.494 e. The van der Waals surface area contributed by atoms with Crippen LogP contribution in [0.1, 0.15) is 12.5 Å². The standard InChI is InChI=1S/C18H19F3N2O4S/c1-3-27-15-8-10-16(11-9-15)28(25,26)23(2)12-17(24)22-14-6-4-13(5-7-14)18(19,20)21/h4-11H,3,12H2,1-2H3,(H,22,24). The molecule has 1 N–H and O–H groups in total. The minimum Gasteiger partial charge on any atom is -0.494 e. The summed E-state index contributed by atoms with van der Waals surface area (Å²) in [6, 6.07) is 9.60. The number of hydrogen-bond acceptors (Lipinski definition) is 4. The molecule has 0 heterocycles. The Labute approximate surface area is 161 Å². The molecule has 2 aromatic rings. The Morgan fingerprint density at radius 2 is 1.64 bits per heavy atom. The fraction of sp³-hybridized carbons (Fsp3) is 0.278. The highest BCUT2D eigenvalue weighted by Crippen LogP contribution is 2.29. The highest BCUT2D eigenvalue weighted by atomic mass is 32.2. The molecule has 0 saturated heterocycles. The molecule has 2 aromatic carbocycles. The van der Waals surface area contributed by atoms with Crippen LogP contribution in [-0.2, 0) is 21.0 Å². The quantitative estimate of drug-likeness (QED) is 0.751. The molecule has 10 heteroatoms. The van der Waals surface area contributed by atoms with Crippen molar-refractivity contribution in [2.45, 2.75) is 18.0 Å². The number of nitrogens with zero attached hydrogens (tertiary/aromatic N) is 1. The smallest absolute Gasteiger partial charge is 0.416 e. The van der Waals surface area contributed by atoms with Gasteiger partial charge in [-0.3, -0.25) is 4.79 Å². The van der Waals surface area contributed by atoms with Crippen LogP contribution in [0.2, 0.25) is 0 Å². The molecule has 0 atom stereocenters. The van der Waals surface area contributed by atoms with Crippen molar-refractivity contribution in [1.29, 1.82) is 0 Å². The van der Waals surface area contributed by atoms with Crippen molar-refractivity contribution in [2.75, 3.05) is 25.5 Å². The molecular weight excluding hydrogens is 397 g/mol. The van der Waals surface area contributed by atoms with Gasteiger partial charge in [-0.1, -0.05) is 0 Å². The summed E-state index contributed by atoms with van der Waals surface area (Å²) in [6.07, 6.45) is -4.48. The molecule has 0 spiro atoms. The van der Waals surface area contributed by atoms with E-state index < -0.39 is 34.2 Å². The molecule has 0 aromatic heterocycles. The molecule has 0 aliphatic rings. The number of alkyl halides is 3. The maximum Gasteiger partial charge on any atom is 0.416 e. The van der Waals surface area contributed by atoms with Gasteiger partial charge in [0.25, 0.3) is 0 Å². The Morgan fingerprint density at radius 1 is 1.07 bits per heavy atom. The molecule has 1 amide bonds. The van der Waals surface area contributed by atoms with E-state index in [1.165, 1.54) is 31.3 Å². The van der Waals surface area contributed by atoms with E-state index in [1.54, 1.807) is 6.92 Å². The van der Waals surface area contributed by atoms with Crippen LogP contribution in [0.25, 0.3) is 0 Å². The van der Waals surface area contributed by atoms with Gasteiger partial charge in [0.05, 0.1) is 23.6 Å². The van der Waals surface area contributed by atoms with Crippen LogP contribution >= 0.6 is 0 Å². The van der Waals surface area contributed by atoms with Gasteiger partial charge < -0.3 is 10.1 Å². The fourth-order valence-electron chi connectivity index (χ4n) is 2.28. The molecule has 0 unspecified atom stereocenters. The Balaban J connectivity index is 2.02. The van der Waals surface area contributed by atoms with Crippen LogP contribution in [0.4, 0.5) is 18.9 Å². The van der Waals surface area contributed by atoms with Gasteiger partial charge in [0.2, 0.25) is 15.9 Å². The zero-order valence-electron chi connectivity index (χ0n) is 15.2. The number of likely N-dealkylation sites (N-methyl/N-ethyl adjacent to an activating group) is 1. The maximum absolute atomic E-state index is 12.5. The summed E-state index contributed by atoms with van der Waals surface area (Å²) >= 11 is 0. The third-order valence-electron chi connectivity index (χ3n) is 3.71. The molecule has 0 saturated carbocycles. The van der Waals surface area contributed by atoms with Crippen molar-refractivity contribution < 1.29 is 31.1 Å². The third kappa shape index (κ3) is 5.46. The molecule has 28 heavy (non-hydrogen) atoms. The third-order valence-corrected chi connectivity index (χ3v) is 5.52. The maximum atomic E-state index is 12.5. The van der Waals surface area contributed by atoms with Gasteiger partial charge in [-0.05, 0) is 55.5 Å². The van der Waals surface area contributed by atoms with Crippen LogP contribution < -0.4 is 10.1 Å². The number of hydrogen-bond donors (Lipinski definition) is 1. The van der Waals surface area contributed by atoms with Gasteiger partial charge in [-0.2, -0.15) is 17.5 Å². The Hall–Kier alpha value is -2.59. The topological polar surface area (TPSA) is 75.7 Å². The van der Waals surface area contributed by atoms with Gasteiger partial charge in [0.1, 0.15) is 5.75 Å². The lowest BCUT2D eigenvalue weighted by Gasteiger charge is -2.17. The predicted molar refractivity (Wildman–Crippen MR) is 97.5 cm³/mol. The van der Waals surface area contributed by atoms with Crippen LogP contribution in [0.15, 0.2) is 53.4 Å². The lowest BCUT2D eigenvalue weighted by molar-refractivity contribution is -0.137. The van der Waals surface area contributed by atoms with Crippen molar-refractivity contribution in [3.05, 3.63) is 54.1 Å². The Morgan fingerprint density at radius 3 is 2.14 bits per heavy atom. The molecule has 0 bridgehead atoms. The average Bonchev–Trinajstić information content (AvgIpc) is 2.62. The highest BCUT2D eigenvalue weighted by Gasteiger charge is 2.30. The van der Waals surface area contributed by atoms with Gasteiger partial charge >= 0.3 is 6.18 Å². The van der Waals surface area contributed by atoms with Crippen molar-refractivity contribution in [1.82, 2.24) is 4.31 Å². The van der Waals surface area contributed by atoms with E-state index >= 15 is 0 Å². The average molecular weight is 416 g/mol. The minimum absolute atomic E-state index is 0.0132. The van der Waals surface area contributed by atoms with Crippen molar-refractivity contribution in [3.8, 4) is 5.75 Å². The molecule has 0 aliphatic carbocycles. The van der Waals surface area contributed by atoms with E-state index in [0.717, 1.165) is 28.6 Å². The second kappa shape index (κ2) is 8.61. The number of rotatable bonds is 7. The lowest BCUT2D eigenvalue weighted by Crippen LogP contribution is -2.34. The number of carbonyl (C=O) groups excluding carboxylic acids is 1. The Kier molecular flexibility index (Phi) is 6.68. The Bertz CT molecular complexity index is 911. The number of nitrogens with one attached hydrogen (secondary N) is 1. The monoisotopic (exact) mass is 416 g/mol. The van der Waals surface area contributed by atoms with Gasteiger partial charge in [0, 0.05) is 12.7 Å². The van der Waals surface area contributed by atoms with E-state index in [0.29, 0.717) is 12.4 Å². The molecule has 0 aliphatic heterocycles. The number of benzene rings is 2. The van der Waals surface area contributed by atoms with Crippen LogP contribution in [0.5, 0.6) is 5.75 Å². The number of sulfonamides is 1. The second-order valence-corrected chi connectivity index (χ2v) is 7.83. The first-order valence-electron chi connectivity index (χ1n) is 8.20. The summed E-state index contributed by atoms with van der Waals surface area (Å²) in [5.41, 5.74) is -0.717. The molecule has 2 rings (SSSR count). The van der Waals surface area contributed by atoms with Gasteiger partial charge in [-0.25, -0.2) is 8.42 Å². The molecule has 152 valence electrons. The summed E-state index contributed by atoms with van der Waals surface area (Å²) in [6.45, 7) is 1.74. The van der Waals surface area contributed by atoms with Crippen LogP contribution in [-0.4, -0.2) is 38.8 Å². The van der Waals surface area contributed by atoms with Crippen molar-refractivity contribution in [3.63, 3.8) is 0 Å².